The smallest absolute Gasteiger partial charge is 0.147 e. The first-order valence-electron chi connectivity index (χ1n) is 5.53. The van der Waals surface area contributed by atoms with Crippen LogP contribution in [0.4, 0.5) is 5.69 Å². The van der Waals surface area contributed by atoms with E-state index in [9.17, 15) is 0 Å². The summed E-state index contributed by atoms with van der Waals surface area (Å²) >= 11 is 0. The van der Waals surface area contributed by atoms with Gasteiger partial charge in [0.05, 0.1) is 0 Å². The molecular formula is C14H13N3O. The average Bonchev–Trinajstić information content (AvgIpc) is 2.40. The third-order valence-electron chi connectivity index (χ3n) is 2.59. The van der Waals surface area contributed by atoms with Gasteiger partial charge in [0.2, 0.25) is 0 Å². The minimum absolute atomic E-state index is 0.307. The predicted molar refractivity (Wildman–Crippen MR) is 68.9 cm³/mol. The Balaban J connectivity index is 2.17. The summed E-state index contributed by atoms with van der Waals surface area (Å²) in [4.78, 5) is 3.98. The summed E-state index contributed by atoms with van der Waals surface area (Å²) < 4.78 is 5.68. The van der Waals surface area contributed by atoms with E-state index in [-0.39, 0.29) is 0 Å². The van der Waals surface area contributed by atoms with E-state index < -0.39 is 0 Å². The van der Waals surface area contributed by atoms with Crippen molar-refractivity contribution in [1.82, 2.24) is 4.98 Å². The molecule has 0 saturated carbocycles. The number of nitrogen functional groups attached to an aromatic ring is 1. The number of anilines is 1. The van der Waals surface area contributed by atoms with Crippen molar-refractivity contribution in [1.29, 1.82) is 5.26 Å². The molecule has 0 aliphatic rings. The number of rotatable bonds is 3. The Morgan fingerprint density at radius 2 is 2.22 bits per heavy atom. The summed E-state index contributed by atoms with van der Waals surface area (Å²) in [7, 11) is 0. The van der Waals surface area contributed by atoms with E-state index in [0.717, 1.165) is 16.9 Å². The highest BCUT2D eigenvalue weighted by Gasteiger charge is 2.05. The van der Waals surface area contributed by atoms with Gasteiger partial charge in [0.1, 0.15) is 24.1 Å². The number of ether oxygens (including phenoxy) is 1. The molecule has 0 saturated heterocycles. The zero-order chi connectivity index (χ0) is 13.0. The lowest BCUT2D eigenvalue weighted by molar-refractivity contribution is 0.303. The van der Waals surface area contributed by atoms with Crippen LogP contribution in [0.2, 0.25) is 0 Å². The number of aryl methyl sites for hydroxylation is 1. The molecule has 0 aliphatic carbocycles. The van der Waals surface area contributed by atoms with E-state index in [1.54, 1.807) is 18.3 Å². The molecule has 4 heteroatoms. The highest BCUT2D eigenvalue weighted by atomic mass is 16.5. The van der Waals surface area contributed by atoms with Crippen molar-refractivity contribution in [2.24, 2.45) is 0 Å². The summed E-state index contributed by atoms with van der Waals surface area (Å²) in [5, 5.41) is 8.93. The van der Waals surface area contributed by atoms with Crippen LogP contribution in [0.25, 0.3) is 0 Å². The second kappa shape index (κ2) is 5.19. The zero-order valence-electron chi connectivity index (χ0n) is 10.1. The van der Waals surface area contributed by atoms with Gasteiger partial charge >= 0.3 is 0 Å². The third kappa shape index (κ3) is 2.58. The van der Waals surface area contributed by atoms with Gasteiger partial charge in [-0.2, -0.15) is 5.26 Å². The molecule has 0 unspecified atom stereocenters. The molecule has 0 spiro atoms. The Morgan fingerprint density at radius 3 is 3.00 bits per heavy atom. The monoisotopic (exact) mass is 239 g/mol. The lowest BCUT2D eigenvalue weighted by Crippen LogP contribution is -2.01. The third-order valence-corrected chi connectivity index (χ3v) is 2.59. The highest BCUT2D eigenvalue weighted by molar-refractivity contribution is 5.48. The van der Waals surface area contributed by atoms with Gasteiger partial charge in [0, 0.05) is 23.5 Å². The van der Waals surface area contributed by atoms with Crippen LogP contribution in [0.15, 0.2) is 36.5 Å². The van der Waals surface area contributed by atoms with E-state index in [4.69, 9.17) is 15.7 Å². The van der Waals surface area contributed by atoms with Crippen molar-refractivity contribution in [2.75, 3.05) is 5.73 Å². The van der Waals surface area contributed by atoms with E-state index >= 15 is 0 Å². The van der Waals surface area contributed by atoms with Crippen LogP contribution in [0, 0.1) is 18.3 Å². The van der Waals surface area contributed by atoms with Crippen LogP contribution in [0.5, 0.6) is 5.75 Å². The number of hydrogen-bond acceptors (Lipinski definition) is 4. The van der Waals surface area contributed by atoms with Gasteiger partial charge in [-0.1, -0.05) is 12.1 Å². The van der Waals surface area contributed by atoms with E-state index in [0.29, 0.717) is 18.0 Å². The van der Waals surface area contributed by atoms with Gasteiger partial charge in [0.15, 0.2) is 0 Å². The van der Waals surface area contributed by atoms with Gasteiger partial charge in [0.25, 0.3) is 0 Å². The Bertz CT molecular complexity index is 602. The van der Waals surface area contributed by atoms with Crippen LogP contribution < -0.4 is 10.5 Å². The first-order chi connectivity index (χ1) is 8.70. The number of nitriles is 1. The average molecular weight is 239 g/mol. The van der Waals surface area contributed by atoms with Gasteiger partial charge in [-0.05, 0) is 24.6 Å². The molecule has 1 heterocycles. The topological polar surface area (TPSA) is 71.9 Å². The standard InChI is InChI=1S/C14H13N3O/c1-10-4-5-12(16)7-14(10)18-9-11-3-2-6-17-13(11)8-15/h2-7H,9,16H2,1H3. The SMILES string of the molecule is Cc1ccc(N)cc1OCc1cccnc1C#N. The molecule has 2 rings (SSSR count). The summed E-state index contributed by atoms with van der Waals surface area (Å²) in [6, 6.07) is 11.2. The number of benzene rings is 1. The quantitative estimate of drug-likeness (QED) is 0.835. The summed E-state index contributed by atoms with van der Waals surface area (Å²) in [6.07, 6.45) is 1.59. The first kappa shape index (κ1) is 11.9. The number of aromatic nitrogens is 1. The Hall–Kier alpha value is -2.54. The Morgan fingerprint density at radius 1 is 1.39 bits per heavy atom. The second-order valence-corrected chi connectivity index (χ2v) is 3.94. The van der Waals surface area contributed by atoms with Crippen LogP contribution in [-0.2, 0) is 6.61 Å². The summed E-state index contributed by atoms with van der Waals surface area (Å²) in [5.74, 6) is 0.725. The first-order valence-corrected chi connectivity index (χ1v) is 5.53. The summed E-state index contributed by atoms with van der Waals surface area (Å²) in [5.41, 5.74) is 8.52. The maximum atomic E-state index is 8.93. The Labute approximate surface area is 106 Å². The zero-order valence-corrected chi connectivity index (χ0v) is 10.1. The molecular weight excluding hydrogens is 226 g/mol. The fourth-order valence-corrected chi connectivity index (χ4v) is 1.58. The van der Waals surface area contributed by atoms with Crippen molar-refractivity contribution >= 4 is 5.69 Å². The fourth-order valence-electron chi connectivity index (χ4n) is 1.58. The molecule has 0 bridgehead atoms. The maximum Gasteiger partial charge on any atom is 0.147 e. The molecule has 0 fully saturated rings. The van der Waals surface area contributed by atoms with Crippen molar-refractivity contribution in [3.63, 3.8) is 0 Å². The molecule has 0 amide bonds. The summed E-state index contributed by atoms with van der Waals surface area (Å²) in [6.45, 7) is 2.25. The molecule has 4 nitrogen and oxygen atoms in total. The van der Waals surface area contributed by atoms with E-state index in [2.05, 4.69) is 4.98 Å². The van der Waals surface area contributed by atoms with Gasteiger partial charge in [-0.3, -0.25) is 0 Å². The van der Waals surface area contributed by atoms with Crippen LogP contribution in [-0.4, -0.2) is 4.98 Å². The van der Waals surface area contributed by atoms with Gasteiger partial charge in [-0.15, -0.1) is 0 Å². The Kier molecular flexibility index (Phi) is 3.44. The lowest BCUT2D eigenvalue weighted by Gasteiger charge is -2.10. The number of hydrogen-bond donors (Lipinski definition) is 1. The lowest BCUT2D eigenvalue weighted by atomic mass is 10.2. The minimum Gasteiger partial charge on any atom is -0.488 e. The normalized spacial score (nSPS) is 9.78. The molecule has 1 aromatic heterocycles. The van der Waals surface area contributed by atoms with Crippen LogP contribution in [0.1, 0.15) is 16.8 Å². The van der Waals surface area contributed by atoms with E-state index in [1.165, 1.54) is 0 Å². The number of pyridine rings is 1. The molecule has 2 N–H and O–H groups in total. The minimum atomic E-state index is 0.307. The molecule has 18 heavy (non-hydrogen) atoms. The van der Waals surface area contributed by atoms with Crippen molar-refractivity contribution in [2.45, 2.75) is 13.5 Å². The van der Waals surface area contributed by atoms with Crippen LogP contribution in [0.3, 0.4) is 0 Å². The highest BCUT2D eigenvalue weighted by Crippen LogP contribution is 2.22. The molecule has 0 radical (unpaired) electrons. The van der Waals surface area contributed by atoms with Gasteiger partial charge in [-0.25, -0.2) is 4.98 Å². The van der Waals surface area contributed by atoms with Crippen molar-refractivity contribution < 1.29 is 4.74 Å². The molecule has 0 aliphatic heterocycles. The molecule has 1 aromatic carbocycles. The molecule has 0 atom stereocenters. The van der Waals surface area contributed by atoms with Crippen molar-refractivity contribution in [3.8, 4) is 11.8 Å². The largest absolute Gasteiger partial charge is 0.488 e. The molecule has 90 valence electrons. The van der Waals surface area contributed by atoms with E-state index in [1.807, 2.05) is 31.2 Å². The van der Waals surface area contributed by atoms with Crippen molar-refractivity contribution in [3.05, 3.63) is 53.3 Å². The van der Waals surface area contributed by atoms with Crippen LogP contribution >= 0.6 is 0 Å². The predicted octanol–water partition coefficient (Wildman–Crippen LogP) is 2.42. The second-order valence-electron chi connectivity index (χ2n) is 3.94. The number of nitrogens with two attached hydrogens (primary N) is 1. The fraction of sp³-hybridized carbons (Fsp3) is 0.143. The number of nitrogens with zero attached hydrogens (tertiary/aromatic N) is 2. The molecule has 2 aromatic rings. The van der Waals surface area contributed by atoms with Gasteiger partial charge < -0.3 is 10.5 Å². The maximum absolute atomic E-state index is 8.93.